The van der Waals surface area contributed by atoms with Gasteiger partial charge in [0.2, 0.25) is 17.6 Å². The lowest BCUT2D eigenvalue weighted by atomic mass is 9.77. The van der Waals surface area contributed by atoms with Gasteiger partial charge in [-0.3, -0.25) is 9.59 Å². The first-order valence-electron chi connectivity index (χ1n) is 12.3. The second-order valence-electron chi connectivity index (χ2n) is 9.56. The molecule has 35 heavy (non-hydrogen) atoms. The fraction of sp³-hybridized carbons (Fsp3) is 0.560. The third-order valence-corrected chi connectivity index (χ3v) is 7.23. The van der Waals surface area contributed by atoms with Gasteiger partial charge in [-0.2, -0.15) is 0 Å². The van der Waals surface area contributed by atoms with Crippen LogP contribution in [-0.2, 0) is 16.1 Å². The fourth-order valence-electron chi connectivity index (χ4n) is 5.06. The molecule has 0 unspecified atom stereocenters. The Balaban J connectivity index is 1.17. The SMILES string of the molecule is Cc1nc([N+](=O)[O-])cn1CCC(=O)N1CCC2(CCN(C(=O)CCCOc3ccccc3)CC2)C1. The molecule has 2 saturated heterocycles. The van der Waals surface area contributed by atoms with Gasteiger partial charge in [-0.05, 0) is 53.1 Å². The summed E-state index contributed by atoms with van der Waals surface area (Å²) in [7, 11) is 0. The zero-order chi connectivity index (χ0) is 24.8. The van der Waals surface area contributed by atoms with E-state index in [-0.39, 0.29) is 23.0 Å². The Bertz CT molecular complexity index is 1050. The molecule has 3 heterocycles. The molecule has 10 nitrogen and oxygen atoms in total. The average Bonchev–Trinajstić information content (AvgIpc) is 3.45. The van der Waals surface area contributed by atoms with Gasteiger partial charge < -0.3 is 29.2 Å². The van der Waals surface area contributed by atoms with Crippen molar-refractivity contribution in [2.45, 2.75) is 52.0 Å². The molecule has 2 amide bonds. The molecule has 188 valence electrons. The van der Waals surface area contributed by atoms with E-state index in [0.29, 0.717) is 38.2 Å². The predicted octanol–water partition coefficient (Wildman–Crippen LogP) is 3.19. The summed E-state index contributed by atoms with van der Waals surface area (Å²) in [6, 6.07) is 9.61. The molecule has 1 aromatic carbocycles. The number of carbonyl (C=O) groups is 2. The maximum Gasteiger partial charge on any atom is 0.381 e. The van der Waals surface area contributed by atoms with Gasteiger partial charge in [-0.15, -0.1) is 0 Å². The standard InChI is InChI=1S/C25H33N5O5/c1-20-26-22(30(33)34)18-28(20)13-9-24(32)29-16-12-25(19-29)10-14-27(15-11-25)23(31)8-5-17-35-21-6-3-2-4-7-21/h2-4,6-7,18H,5,8-17,19H2,1H3. The number of amides is 2. The Morgan fingerprint density at radius 1 is 1.06 bits per heavy atom. The number of aryl methyl sites for hydroxylation is 2. The van der Waals surface area contributed by atoms with Crippen LogP contribution in [0.5, 0.6) is 5.75 Å². The minimum Gasteiger partial charge on any atom is -0.494 e. The number of hydrogen-bond donors (Lipinski definition) is 0. The fourth-order valence-corrected chi connectivity index (χ4v) is 5.06. The largest absolute Gasteiger partial charge is 0.494 e. The molecule has 0 N–H and O–H groups in total. The van der Waals surface area contributed by atoms with Crippen LogP contribution in [-0.4, -0.2) is 68.9 Å². The molecule has 2 fully saturated rings. The number of hydrogen-bond acceptors (Lipinski definition) is 6. The van der Waals surface area contributed by atoms with E-state index < -0.39 is 4.92 Å². The first kappa shape index (κ1) is 24.7. The van der Waals surface area contributed by atoms with E-state index in [9.17, 15) is 19.7 Å². The quantitative estimate of drug-likeness (QED) is 0.308. The highest BCUT2D eigenvalue weighted by Crippen LogP contribution is 2.40. The van der Waals surface area contributed by atoms with Gasteiger partial charge in [0.05, 0.1) is 6.61 Å². The molecule has 2 aliphatic heterocycles. The summed E-state index contributed by atoms with van der Waals surface area (Å²) in [6.07, 6.45) is 5.63. The molecule has 10 heteroatoms. The molecular formula is C25H33N5O5. The van der Waals surface area contributed by atoms with Gasteiger partial charge in [0.1, 0.15) is 11.9 Å². The lowest BCUT2D eigenvalue weighted by molar-refractivity contribution is -0.389. The molecule has 0 radical (unpaired) electrons. The van der Waals surface area contributed by atoms with Crippen LogP contribution in [0.3, 0.4) is 0 Å². The number of nitro groups is 1. The molecule has 0 atom stereocenters. The molecule has 4 rings (SSSR count). The molecule has 2 aliphatic rings. The summed E-state index contributed by atoms with van der Waals surface area (Å²) in [4.78, 5) is 43.6. The van der Waals surface area contributed by atoms with Crippen molar-refractivity contribution in [3.8, 4) is 5.75 Å². The number of imidazole rings is 1. The minimum absolute atomic E-state index is 0.0644. The van der Waals surface area contributed by atoms with E-state index in [1.807, 2.05) is 40.1 Å². The van der Waals surface area contributed by atoms with E-state index in [0.717, 1.165) is 51.2 Å². The van der Waals surface area contributed by atoms with Gasteiger partial charge >= 0.3 is 5.82 Å². The second kappa shape index (κ2) is 10.9. The van der Waals surface area contributed by atoms with Gasteiger partial charge in [-0.25, -0.2) is 0 Å². The van der Waals surface area contributed by atoms with Crippen molar-refractivity contribution in [3.63, 3.8) is 0 Å². The number of ether oxygens (including phenoxy) is 1. The Morgan fingerprint density at radius 2 is 1.71 bits per heavy atom. The zero-order valence-corrected chi connectivity index (χ0v) is 20.2. The van der Waals surface area contributed by atoms with Crippen LogP contribution >= 0.6 is 0 Å². The van der Waals surface area contributed by atoms with Crippen LogP contribution in [0, 0.1) is 22.5 Å². The maximum atomic E-state index is 12.8. The zero-order valence-electron chi connectivity index (χ0n) is 20.2. The van der Waals surface area contributed by atoms with E-state index in [1.54, 1.807) is 11.5 Å². The number of rotatable bonds is 9. The topological polar surface area (TPSA) is 111 Å². The smallest absolute Gasteiger partial charge is 0.381 e. The second-order valence-corrected chi connectivity index (χ2v) is 9.56. The predicted molar refractivity (Wildman–Crippen MR) is 129 cm³/mol. The van der Waals surface area contributed by atoms with Crippen LogP contribution in [0.1, 0.15) is 44.3 Å². The third-order valence-electron chi connectivity index (χ3n) is 7.23. The minimum atomic E-state index is -0.523. The van der Waals surface area contributed by atoms with E-state index in [2.05, 4.69) is 4.98 Å². The molecular weight excluding hydrogens is 450 g/mol. The Morgan fingerprint density at radius 3 is 2.37 bits per heavy atom. The average molecular weight is 484 g/mol. The summed E-state index contributed by atoms with van der Waals surface area (Å²) in [6.45, 7) is 5.53. The van der Waals surface area contributed by atoms with Gasteiger partial charge in [0.25, 0.3) is 0 Å². The van der Waals surface area contributed by atoms with Gasteiger partial charge in [0, 0.05) is 52.5 Å². The molecule has 1 spiro atoms. The number of para-hydroxylation sites is 1. The summed E-state index contributed by atoms with van der Waals surface area (Å²) in [5.74, 6) is 1.40. The highest BCUT2D eigenvalue weighted by molar-refractivity contribution is 5.77. The molecule has 0 saturated carbocycles. The van der Waals surface area contributed by atoms with Crippen LogP contribution in [0.15, 0.2) is 36.5 Å². The number of likely N-dealkylation sites (tertiary alicyclic amines) is 2. The number of aromatic nitrogens is 2. The molecule has 0 aliphatic carbocycles. The van der Waals surface area contributed by atoms with E-state index in [4.69, 9.17) is 4.74 Å². The van der Waals surface area contributed by atoms with Crippen molar-refractivity contribution >= 4 is 17.6 Å². The molecule has 1 aromatic heterocycles. The highest BCUT2D eigenvalue weighted by Gasteiger charge is 2.42. The number of piperidine rings is 1. The summed E-state index contributed by atoms with van der Waals surface area (Å²) >= 11 is 0. The van der Waals surface area contributed by atoms with Crippen LogP contribution < -0.4 is 4.74 Å². The van der Waals surface area contributed by atoms with Crippen molar-refractivity contribution in [1.29, 1.82) is 0 Å². The van der Waals surface area contributed by atoms with Crippen molar-refractivity contribution in [2.75, 3.05) is 32.8 Å². The number of nitrogens with zero attached hydrogens (tertiary/aromatic N) is 5. The first-order chi connectivity index (χ1) is 16.8. The van der Waals surface area contributed by atoms with Crippen LogP contribution in [0.2, 0.25) is 0 Å². The lowest BCUT2D eigenvalue weighted by Gasteiger charge is -2.39. The molecule has 2 aromatic rings. The number of carbonyl (C=O) groups excluding carboxylic acids is 2. The molecule has 0 bridgehead atoms. The van der Waals surface area contributed by atoms with E-state index in [1.165, 1.54) is 6.20 Å². The summed E-state index contributed by atoms with van der Waals surface area (Å²) in [5, 5.41) is 10.9. The lowest BCUT2D eigenvalue weighted by Crippen LogP contribution is -2.44. The van der Waals surface area contributed by atoms with Crippen molar-refractivity contribution in [2.24, 2.45) is 5.41 Å². The van der Waals surface area contributed by atoms with E-state index >= 15 is 0 Å². The summed E-state index contributed by atoms with van der Waals surface area (Å²) < 4.78 is 7.34. The number of benzene rings is 1. The Kier molecular flexibility index (Phi) is 7.67. The Labute approximate surface area is 205 Å². The van der Waals surface area contributed by atoms with Crippen LogP contribution in [0.4, 0.5) is 5.82 Å². The monoisotopic (exact) mass is 483 g/mol. The Hall–Kier alpha value is -3.43. The first-order valence-corrected chi connectivity index (χ1v) is 12.3. The maximum absolute atomic E-state index is 12.8. The highest BCUT2D eigenvalue weighted by atomic mass is 16.6. The van der Waals surface area contributed by atoms with Crippen LogP contribution in [0.25, 0.3) is 0 Å². The van der Waals surface area contributed by atoms with Crippen molar-refractivity contribution < 1.29 is 19.2 Å². The van der Waals surface area contributed by atoms with Gasteiger partial charge in [-0.1, -0.05) is 18.2 Å². The van der Waals surface area contributed by atoms with Gasteiger partial charge in [0.15, 0.2) is 0 Å². The van der Waals surface area contributed by atoms with Crippen molar-refractivity contribution in [1.82, 2.24) is 19.4 Å². The third kappa shape index (κ3) is 6.17. The summed E-state index contributed by atoms with van der Waals surface area (Å²) in [5.41, 5.74) is 0.0899. The normalized spacial score (nSPS) is 17.1. The van der Waals surface area contributed by atoms with Crippen molar-refractivity contribution in [3.05, 3.63) is 52.5 Å².